The van der Waals surface area contributed by atoms with Gasteiger partial charge in [0.25, 0.3) is 0 Å². The van der Waals surface area contributed by atoms with E-state index in [1.165, 1.54) is 0 Å². The molecule has 0 amide bonds. The van der Waals surface area contributed by atoms with Crippen LogP contribution in [-0.2, 0) is 11.2 Å². The van der Waals surface area contributed by atoms with Crippen molar-refractivity contribution in [1.29, 1.82) is 0 Å². The summed E-state index contributed by atoms with van der Waals surface area (Å²) >= 11 is 6.24. The fraction of sp³-hybridized carbons (Fsp3) is 0.615. The van der Waals surface area contributed by atoms with E-state index in [1.807, 2.05) is 6.92 Å². The van der Waals surface area contributed by atoms with Gasteiger partial charge in [-0.05, 0) is 32.1 Å². The first-order valence-electron chi connectivity index (χ1n) is 6.45. The molecule has 5 heteroatoms. The summed E-state index contributed by atoms with van der Waals surface area (Å²) in [5.74, 6) is 0.952. The highest BCUT2D eigenvalue weighted by atomic mass is 35.5. The van der Waals surface area contributed by atoms with Crippen LogP contribution in [0.3, 0.4) is 0 Å². The maximum atomic E-state index is 10.7. The number of aldehydes is 1. The predicted octanol–water partition coefficient (Wildman–Crippen LogP) is 2.86. The molecule has 98 valence electrons. The van der Waals surface area contributed by atoms with Crippen LogP contribution in [0.5, 0.6) is 0 Å². The number of carbonyl (C=O) groups excluding carboxylic acids is 1. The number of carbonyl (C=O) groups is 1. The zero-order chi connectivity index (χ0) is 13.0. The molecule has 1 N–H and O–H groups in total. The zero-order valence-electron chi connectivity index (χ0n) is 10.5. The Bertz CT molecular complexity index is 417. The lowest BCUT2D eigenvalue weighted by Gasteiger charge is -2.27. The summed E-state index contributed by atoms with van der Waals surface area (Å²) < 4.78 is 0. The quantitative estimate of drug-likeness (QED) is 0.853. The second-order valence-corrected chi connectivity index (χ2v) is 5.11. The van der Waals surface area contributed by atoms with Gasteiger partial charge in [0, 0.05) is 12.0 Å². The number of nitrogens with one attached hydrogen (secondary N) is 1. The molecule has 0 spiro atoms. The third-order valence-corrected chi connectivity index (χ3v) is 3.90. The topological polar surface area (TPSA) is 54.9 Å². The van der Waals surface area contributed by atoms with E-state index < -0.39 is 0 Å². The van der Waals surface area contributed by atoms with Gasteiger partial charge in [-0.3, -0.25) is 0 Å². The summed E-state index contributed by atoms with van der Waals surface area (Å²) in [4.78, 5) is 19.0. The van der Waals surface area contributed by atoms with Gasteiger partial charge in [-0.1, -0.05) is 18.5 Å². The Morgan fingerprint density at radius 3 is 2.72 bits per heavy atom. The van der Waals surface area contributed by atoms with Crippen molar-refractivity contribution in [3.63, 3.8) is 0 Å². The van der Waals surface area contributed by atoms with Crippen LogP contribution in [0.1, 0.15) is 38.3 Å². The maximum absolute atomic E-state index is 10.7. The van der Waals surface area contributed by atoms with Crippen LogP contribution in [0, 0.1) is 5.92 Å². The molecular formula is C13H18ClN3O. The predicted molar refractivity (Wildman–Crippen MR) is 71.9 cm³/mol. The molecule has 1 aliphatic rings. The minimum absolute atomic E-state index is 0.232. The van der Waals surface area contributed by atoms with Crippen LogP contribution >= 0.6 is 11.6 Å². The van der Waals surface area contributed by atoms with Gasteiger partial charge in [-0.25, -0.2) is 9.97 Å². The number of aromatic nitrogens is 2. The van der Waals surface area contributed by atoms with E-state index in [-0.39, 0.29) is 5.92 Å². The van der Waals surface area contributed by atoms with Gasteiger partial charge < -0.3 is 10.1 Å². The third kappa shape index (κ3) is 2.99. The van der Waals surface area contributed by atoms with E-state index in [9.17, 15) is 4.79 Å². The second kappa shape index (κ2) is 6.14. The number of rotatable bonds is 4. The zero-order valence-corrected chi connectivity index (χ0v) is 11.3. The minimum atomic E-state index is 0.232. The highest BCUT2D eigenvalue weighted by Crippen LogP contribution is 2.28. The second-order valence-electron chi connectivity index (χ2n) is 4.73. The van der Waals surface area contributed by atoms with Crippen LogP contribution in [0.4, 0.5) is 5.82 Å². The highest BCUT2D eigenvalue weighted by Gasteiger charge is 2.21. The van der Waals surface area contributed by atoms with E-state index in [0.29, 0.717) is 11.1 Å². The molecule has 0 unspecified atom stereocenters. The molecule has 0 bridgehead atoms. The summed E-state index contributed by atoms with van der Waals surface area (Å²) in [5.41, 5.74) is 0.871. The fourth-order valence-electron chi connectivity index (χ4n) is 2.35. The normalized spacial score (nSPS) is 23.7. The summed E-state index contributed by atoms with van der Waals surface area (Å²) in [6.45, 7) is 2.02. The van der Waals surface area contributed by atoms with Gasteiger partial charge >= 0.3 is 0 Å². The van der Waals surface area contributed by atoms with E-state index in [1.54, 1.807) is 6.33 Å². The molecule has 1 fully saturated rings. The summed E-state index contributed by atoms with van der Waals surface area (Å²) in [5, 5.41) is 3.99. The van der Waals surface area contributed by atoms with Crippen LogP contribution in [0.15, 0.2) is 6.33 Å². The van der Waals surface area contributed by atoms with E-state index >= 15 is 0 Å². The average Bonchev–Trinajstić information content (AvgIpc) is 2.42. The standard InChI is InChI=1S/C13H18ClN3O/c1-2-11-12(14)13(16-8-15-11)17-10-5-3-9(7-18)4-6-10/h7-10H,2-6H2,1H3,(H,15,16,17). The van der Waals surface area contributed by atoms with E-state index in [4.69, 9.17) is 11.6 Å². The van der Waals surface area contributed by atoms with Crippen molar-refractivity contribution in [2.75, 3.05) is 5.32 Å². The number of hydrogen-bond acceptors (Lipinski definition) is 4. The lowest BCUT2D eigenvalue weighted by molar-refractivity contribution is -0.111. The van der Waals surface area contributed by atoms with Gasteiger partial charge in [0.2, 0.25) is 0 Å². The number of anilines is 1. The molecule has 0 atom stereocenters. The first-order chi connectivity index (χ1) is 8.74. The number of halogens is 1. The summed E-state index contributed by atoms with van der Waals surface area (Å²) in [7, 11) is 0. The van der Waals surface area contributed by atoms with Crippen LogP contribution < -0.4 is 5.32 Å². The molecule has 1 aromatic heterocycles. The fourth-order valence-corrected chi connectivity index (χ4v) is 2.63. The minimum Gasteiger partial charge on any atom is -0.366 e. The largest absolute Gasteiger partial charge is 0.366 e. The van der Waals surface area contributed by atoms with Crippen molar-refractivity contribution < 1.29 is 4.79 Å². The molecule has 1 saturated carbocycles. The maximum Gasteiger partial charge on any atom is 0.148 e. The molecule has 1 heterocycles. The number of nitrogens with zero attached hydrogens (tertiary/aromatic N) is 2. The Balaban J connectivity index is 2.00. The molecule has 18 heavy (non-hydrogen) atoms. The van der Waals surface area contributed by atoms with Gasteiger partial charge in [-0.2, -0.15) is 0 Å². The summed E-state index contributed by atoms with van der Waals surface area (Å²) in [6.07, 6.45) is 7.30. The smallest absolute Gasteiger partial charge is 0.148 e. The monoisotopic (exact) mass is 267 g/mol. The van der Waals surface area contributed by atoms with Crippen molar-refractivity contribution >= 4 is 23.7 Å². The van der Waals surface area contributed by atoms with Crippen LogP contribution in [0.2, 0.25) is 5.02 Å². The van der Waals surface area contributed by atoms with Gasteiger partial charge in [0.1, 0.15) is 23.5 Å². The first kappa shape index (κ1) is 13.3. The lowest BCUT2D eigenvalue weighted by Crippen LogP contribution is -2.27. The number of hydrogen-bond donors (Lipinski definition) is 1. The molecule has 4 nitrogen and oxygen atoms in total. The van der Waals surface area contributed by atoms with E-state index in [2.05, 4.69) is 15.3 Å². The van der Waals surface area contributed by atoms with Gasteiger partial charge in [-0.15, -0.1) is 0 Å². The highest BCUT2D eigenvalue weighted by molar-refractivity contribution is 6.33. The van der Waals surface area contributed by atoms with Crippen molar-refractivity contribution in [3.8, 4) is 0 Å². The SMILES string of the molecule is CCc1ncnc(NC2CCC(C=O)CC2)c1Cl. The molecule has 0 aromatic carbocycles. The Morgan fingerprint density at radius 1 is 1.39 bits per heavy atom. The third-order valence-electron chi connectivity index (χ3n) is 3.50. The Labute approximate surface area is 112 Å². The van der Waals surface area contributed by atoms with Crippen molar-refractivity contribution in [1.82, 2.24) is 9.97 Å². The van der Waals surface area contributed by atoms with Gasteiger partial charge in [0.05, 0.1) is 5.69 Å². The number of aryl methyl sites for hydroxylation is 1. The lowest BCUT2D eigenvalue weighted by atomic mass is 9.87. The Kier molecular flexibility index (Phi) is 4.53. The first-order valence-corrected chi connectivity index (χ1v) is 6.83. The molecule has 2 rings (SSSR count). The van der Waals surface area contributed by atoms with Crippen molar-refractivity contribution in [2.45, 2.75) is 45.1 Å². The molecule has 0 radical (unpaired) electrons. The molecular weight excluding hydrogens is 250 g/mol. The van der Waals surface area contributed by atoms with Gasteiger partial charge in [0.15, 0.2) is 0 Å². The van der Waals surface area contributed by atoms with Crippen LogP contribution in [-0.4, -0.2) is 22.3 Å². The molecule has 1 aromatic rings. The van der Waals surface area contributed by atoms with Crippen molar-refractivity contribution in [2.24, 2.45) is 5.92 Å². The Hall–Kier alpha value is -1.16. The molecule has 1 aliphatic carbocycles. The van der Waals surface area contributed by atoms with Crippen molar-refractivity contribution in [3.05, 3.63) is 17.0 Å². The summed E-state index contributed by atoms with van der Waals surface area (Å²) in [6, 6.07) is 0.360. The molecule has 0 aliphatic heterocycles. The van der Waals surface area contributed by atoms with Crippen LogP contribution in [0.25, 0.3) is 0 Å². The Morgan fingerprint density at radius 2 is 2.11 bits per heavy atom. The van der Waals surface area contributed by atoms with E-state index in [0.717, 1.165) is 49.9 Å². The average molecular weight is 268 g/mol. The molecule has 0 saturated heterocycles.